The maximum Gasteiger partial charge on any atom is 0.0598 e. The smallest absolute Gasteiger partial charge is 0.0598 e. The molecule has 3 unspecified atom stereocenters. The average molecular weight is 306 g/mol. The Morgan fingerprint density at radius 2 is 2.05 bits per heavy atom. The van der Waals surface area contributed by atoms with Crippen molar-refractivity contribution in [2.75, 3.05) is 6.54 Å². The van der Waals surface area contributed by atoms with E-state index in [-0.39, 0.29) is 6.04 Å². The minimum atomic E-state index is 0.148. The normalized spacial score (nSPS) is 22.5. The highest BCUT2D eigenvalue weighted by molar-refractivity contribution is 7.10. The van der Waals surface area contributed by atoms with E-state index in [0.717, 1.165) is 13.0 Å². The predicted octanol–water partition coefficient (Wildman–Crippen LogP) is 4.13. The van der Waals surface area contributed by atoms with Gasteiger partial charge in [-0.1, -0.05) is 0 Å². The number of fused-ring (bicyclic) bond motifs is 1. The molecule has 2 aromatic rings. The largest absolute Gasteiger partial charge is 0.326 e. The summed E-state index contributed by atoms with van der Waals surface area (Å²) in [5, 5.41) is 4.41. The molecule has 2 N–H and O–H groups in total. The van der Waals surface area contributed by atoms with Crippen LogP contribution < -0.4 is 5.73 Å². The highest BCUT2D eigenvalue weighted by Crippen LogP contribution is 2.41. The Hall–Kier alpha value is -0.680. The molecule has 0 saturated heterocycles. The van der Waals surface area contributed by atoms with Gasteiger partial charge in [0.1, 0.15) is 0 Å². The molecule has 1 aliphatic heterocycles. The van der Waals surface area contributed by atoms with Crippen molar-refractivity contribution in [2.45, 2.75) is 45.3 Å². The highest BCUT2D eigenvalue weighted by Gasteiger charge is 2.34. The molecule has 3 atom stereocenters. The number of thiophene rings is 2. The number of rotatable bonds is 3. The van der Waals surface area contributed by atoms with Crippen molar-refractivity contribution in [3.8, 4) is 0 Å². The first-order valence-electron chi connectivity index (χ1n) is 7.21. The van der Waals surface area contributed by atoms with Gasteiger partial charge in [0.2, 0.25) is 0 Å². The second-order valence-electron chi connectivity index (χ2n) is 5.73. The van der Waals surface area contributed by atoms with Crippen LogP contribution in [0.15, 0.2) is 22.9 Å². The first-order valence-corrected chi connectivity index (χ1v) is 8.97. The molecule has 2 nitrogen and oxygen atoms in total. The Morgan fingerprint density at radius 3 is 2.70 bits per heavy atom. The average Bonchev–Trinajstić information content (AvgIpc) is 3.02. The third-order valence-electron chi connectivity index (χ3n) is 4.35. The van der Waals surface area contributed by atoms with Crippen LogP contribution in [0, 0.1) is 6.92 Å². The van der Waals surface area contributed by atoms with Gasteiger partial charge in [-0.25, -0.2) is 0 Å². The lowest BCUT2D eigenvalue weighted by atomic mass is 9.95. The van der Waals surface area contributed by atoms with Gasteiger partial charge in [-0.2, -0.15) is 0 Å². The number of nitrogens with two attached hydrogens (primary N) is 1. The summed E-state index contributed by atoms with van der Waals surface area (Å²) in [6.07, 6.45) is 1.16. The summed E-state index contributed by atoms with van der Waals surface area (Å²) < 4.78 is 0. The van der Waals surface area contributed by atoms with Crippen LogP contribution in [-0.2, 0) is 6.42 Å². The van der Waals surface area contributed by atoms with E-state index >= 15 is 0 Å². The van der Waals surface area contributed by atoms with Gasteiger partial charge in [0.15, 0.2) is 0 Å². The molecule has 0 amide bonds. The molecule has 0 saturated carbocycles. The number of nitrogens with zero attached hydrogens (tertiary/aromatic N) is 1. The molecule has 108 valence electrons. The van der Waals surface area contributed by atoms with Crippen molar-refractivity contribution in [3.05, 3.63) is 43.8 Å². The van der Waals surface area contributed by atoms with Crippen molar-refractivity contribution in [1.82, 2.24) is 4.90 Å². The van der Waals surface area contributed by atoms with Crippen LogP contribution >= 0.6 is 22.7 Å². The fourth-order valence-electron chi connectivity index (χ4n) is 3.29. The van der Waals surface area contributed by atoms with Crippen LogP contribution in [-0.4, -0.2) is 17.5 Å². The number of hydrogen-bond acceptors (Lipinski definition) is 4. The zero-order valence-electron chi connectivity index (χ0n) is 12.3. The molecule has 0 bridgehead atoms. The van der Waals surface area contributed by atoms with Crippen molar-refractivity contribution in [1.29, 1.82) is 0 Å². The molecule has 0 fully saturated rings. The van der Waals surface area contributed by atoms with Crippen LogP contribution in [0.25, 0.3) is 0 Å². The lowest BCUT2D eigenvalue weighted by Gasteiger charge is -2.41. The van der Waals surface area contributed by atoms with E-state index in [1.807, 2.05) is 22.7 Å². The lowest BCUT2D eigenvalue weighted by molar-refractivity contribution is 0.121. The van der Waals surface area contributed by atoms with E-state index in [1.165, 1.54) is 16.0 Å². The summed E-state index contributed by atoms with van der Waals surface area (Å²) in [5.74, 6) is 0. The van der Waals surface area contributed by atoms with Gasteiger partial charge < -0.3 is 5.73 Å². The summed E-state index contributed by atoms with van der Waals surface area (Å²) in [6, 6.07) is 5.44. The van der Waals surface area contributed by atoms with E-state index in [1.54, 1.807) is 4.88 Å². The van der Waals surface area contributed by atoms with E-state index < -0.39 is 0 Å². The van der Waals surface area contributed by atoms with Gasteiger partial charge in [0.25, 0.3) is 0 Å². The van der Waals surface area contributed by atoms with Gasteiger partial charge in [-0.3, -0.25) is 4.90 Å². The number of aryl methyl sites for hydroxylation is 1. The topological polar surface area (TPSA) is 29.3 Å². The molecule has 0 aliphatic carbocycles. The van der Waals surface area contributed by atoms with E-state index in [9.17, 15) is 0 Å². The molecular formula is C16H22N2S2. The molecule has 0 spiro atoms. The van der Waals surface area contributed by atoms with Crippen LogP contribution in [0.2, 0.25) is 0 Å². The van der Waals surface area contributed by atoms with Gasteiger partial charge in [-0.05, 0) is 61.2 Å². The summed E-state index contributed by atoms with van der Waals surface area (Å²) in [5.41, 5.74) is 9.23. The first-order chi connectivity index (χ1) is 9.59. The second kappa shape index (κ2) is 5.60. The highest BCUT2D eigenvalue weighted by atomic mass is 32.1. The van der Waals surface area contributed by atoms with E-state index in [0.29, 0.717) is 12.1 Å². The van der Waals surface area contributed by atoms with Gasteiger partial charge in [0.05, 0.1) is 6.04 Å². The Balaban J connectivity index is 1.96. The Kier molecular flexibility index (Phi) is 4.00. The van der Waals surface area contributed by atoms with Crippen molar-refractivity contribution >= 4 is 22.7 Å². The monoisotopic (exact) mass is 306 g/mol. The zero-order valence-corrected chi connectivity index (χ0v) is 13.9. The molecule has 0 aromatic carbocycles. The molecule has 3 rings (SSSR count). The lowest BCUT2D eigenvalue weighted by Crippen LogP contribution is -2.43. The van der Waals surface area contributed by atoms with Gasteiger partial charge >= 0.3 is 0 Å². The molecular weight excluding hydrogens is 284 g/mol. The van der Waals surface area contributed by atoms with E-state index in [2.05, 4.69) is 48.6 Å². The van der Waals surface area contributed by atoms with E-state index in [4.69, 9.17) is 5.73 Å². The summed E-state index contributed by atoms with van der Waals surface area (Å²) in [4.78, 5) is 5.59. The molecule has 20 heavy (non-hydrogen) atoms. The van der Waals surface area contributed by atoms with Crippen molar-refractivity contribution < 1.29 is 0 Å². The number of hydrogen-bond donors (Lipinski definition) is 1. The third kappa shape index (κ3) is 2.35. The SMILES string of the molecule is Cc1ccsc1C(C(C)N)N1CCc2sccc2C1C. The minimum absolute atomic E-state index is 0.148. The maximum atomic E-state index is 6.35. The second-order valence-corrected chi connectivity index (χ2v) is 7.68. The predicted molar refractivity (Wildman–Crippen MR) is 88.6 cm³/mol. The van der Waals surface area contributed by atoms with Gasteiger partial charge in [-0.15, -0.1) is 22.7 Å². The molecule has 3 heterocycles. The zero-order chi connectivity index (χ0) is 14.3. The molecule has 2 aromatic heterocycles. The van der Waals surface area contributed by atoms with Crippen LogP contribution in [0.4, 0.5) is 0 Å². The Morgan fingerprint density at radius 1 is 1.30 bits per heavy atom. The van der Waals surface area contributed by atoms with Crippen LogP contribution in [0.5, 0.6) is 0 Å². The molecule has 1 aliphatic rings. The third-order valence-corrected chi connectivity index (χ3v) is 6.44. The van der Waals surface area contributed by atoms with Crippen molar-refractivity contribution in [2.24, 2.45) is 5.73 Å². The summed E-state index contributed by atoms with van der Waals surface area (Å²) in [6.45, 7) is 7.77. The summed E-state index contributed by atoms with van der Waals surface area (Å²) in [7, 11) is 0. The standard InChI is InChI=1S/C16H22N2S2/c1-10-5-8-20-16(10)15(11(2)17)18-7-4-14-13(12(18)3)6-9-19-14/h5-6,8-9,11-12,15H,4,7,17H2,1-3H3. The van der Waals surface area contributed by atoms with Crippen LogP contribution in [0.1, 0.15) is 46.8 Å². The Labute approximate surface area is 129 Å². The van der Waals surface area contributed by atoms with Gasteiger partial charge in [0, 0.05) is 28.4 Å². The molecule has 4 heteroatoms. The summed E-state index contributed by atoms with van der Waals surface area (Å²) >= 11 is 3.74. The Bertz CT molecular complexity index is 585. The van der Waals surface area contributed by atoms with Crippen molar-refractivity contribution in [3.63, 3.8) is 0 Å². The molecule has 0 radical (unpaired) electrons. The fourth-order valence-corrected chi connectivity index (χ4v) is 5.41. The first kappa shape index (κ1) is 14.3. The fraction of sp³-hybridized carbons (Fsp3) is 0.500. The quantitative estimate of drug-likeness (QED) is 0.924. The minimum Gasteiger partial charge on any atom is -0.326 e. The maximum absolute atomic E-state index is 6.35. The van der Waals surface area contributed by atoms with Crippen LogP contribution in [0.3, 0.4) is 0 Å².